The lowest BCUT2D eigenvalue weighted by Gasteiger charge is -2.14. The van der Waals surface area contributed by atoms with Gasteiger partial charge in [-0.15, -0.1) is 18.2 Å². The van der Waals surface area contributed by atoms with Crippen molar-refractivity contribution in [2.75, 3.05) is 18.1 Å². The van der Waals surface area contributed by atoms with Crippen LogP contribution in [0.15, 0.2) is 0 Å². The van der Waals surface area contributed by atoms with Gasteiger partial charge in [0, 0.05) is 36.1 Å². The molecule has 1 atom stereocenters. The van der Waals surface area contributed by atoms with Crippen LogP contribution in [0.3, 0.4) is 0 Å². The van der Waals surface area contributed by atoms with E-state index >= 15 is 0 Å². The molecule has 3 nitrogen and oxygen atoms in total. The molecule has 1 N–H and O–H groups in total. The van der Waals surface area contributed by atoms with Gasteiger partial charge in [0.2, 0.25) is 0 Å². The fourth-order valence-electron chi connectivity index (χ4n) is 2.23. The topological polar surface area (TPSA) is 29.9 Å². The molecule has 0 amide bonds. The number of rotatable bonds is 7. The van der Waals surface area contributed by atoms with Crippen LogP contribution in [-0.2, 0) is 6.54 Å². The summed E-state index contributed by atoms with van der Waals surface area (Å²) >= 11 is 1.79. The zero-order chi connectivity index (χ0) is 13.5. The normalized spacial score (nSPS) is 12.4. The maximum atomic E-state index is 5.22. The predicted octanol–water partition coefficient (Wildman–Crippen LogP) is 2.54. The SMILES string of the molecule is C#CCSCCNC(C)c1c(C)nn(CC)c1C. The Balaban J connectivity index is 2.54. The maximum Gasteiger partial charge on any atom is 0.0644 e. The largest absolute Gasteiger partial charge is 0.309 e. The molecule has 1 heterocycles. The first-order valence-electron chi connectivity index (χ1n) is 6.40. The van der Waals surface area contributed by atoms with Crippen LogP contribution in [0.5, 0.6) is 0 Å². The van der Waals surface area contributed by atoms with Crippen molar-refractivity contribution in [3.63, 3.8) is 0 Å². The summed E-state index contributed by atoms with van der Waals surface area (Å²) in [4.78, 5) is 0. The molecule has 1 aromatic rings. The molecule has 0 radical (unpaired) electrons. The van der Waals surface area contributed by atoms with Crippen LogP contribution in [-0.4, -0.2) is 27.8 Å². The van der Waals surface area contributed by atoms with Gasteiger partial charge in [-0.25, -0.2) is 0 Å². The summed E-state index contributed by atoms with van der Waals surface area (Å²) in [7, 11) is 0. The molecule has 0 aliphatic carbocycles. The van der Waals surface area contributed by atoms with Crippen molar-refractivity contribution in [2.24, 2.45) is 0 Å². The molecule has 100 valence electrons. The first-order chi connectivity index (χ1) is 8.61. The third-order valence-corrected chi connectivity index (χ3v) is 3.92. The summed E-state index contributed by atoms with van der Waals surface area (Å²) < 4.78 is 2.07. The first kappa shape index (κ1) is 15.1. The fraction of sp³-hybridized carbons (Fsp3) is 0.643. The van der Waals surface area contributed by atoms with Crippen LogP contribution in [0.4, 0.5) is 0 Å². The van der Waals surface area contributed by atoms with E-state index in [-0.39, 0.29) is 0 Å². The van der Waals surface area contributed by atoms with E-state index in [4.69, 9.17) is 6.42 Å². The van der Waals surface area contributed by atoms with Crippen molar-refractivity contribution in [1.82, 2.24) is 15.1 Å². The highest BCUT2D eigenvalue weighted by atomic mass is 32.2. The Kier molecular flexibility index (Phi) is 6.31. The molecule has 0 aliphatic rings. The number of nitrogens with zero attached hydrogens (tertiary/aromatic N) is 2. The number of hydrogen-bond acceptors (Lipinski definition) is 3. The lowest BCUT2D eigenvalue weighted by molar-refractivity contribution is 0.590. The van der Waals surface area contributed by atoms with E-state index in [2.05, 4.69) is 48.7 Å². The molecule has 0 aromatic carbocycles. The number of thioether (sulfide) groups is 1. The molecule has 4 heteroatoms. The number of nitrogens with one attached hydrogen (secondary N) is 1. The summed E-state index contributed by atoms with van der Waals surface area (Å²) in [6.45, 7) is 10.5. The minimum absolute atomic E-state index is 0.344. The third-order valence-electron chi connectivity index (χ3n) is 3.05. The monoisotopic (exact) mass is 265 g/mol. The molecule has 1 rings (SSSR count). The van der Waals surface area contributed by atoms with E-state index in [1.54, 1.807) is 11.8 Å². The van der Waals surface area contributed by atoms with Gasteiger partial charge in [-0.2, -0.15) is 5.10 Å². The van der Waals surface area contributed by atoms with Gasteiger partial charge in [0.1, 0.15) is 0 Å². The minimum Gasteiger partial charge on any atom is -0.309 e. The smallest absolute Gasteiger partial charge is 0.0644 e. The Morgan fingerprint density at radius 1 is 1.50 bits per heavy atom. The lowest BCUT2D eigenvalue weighted by Crippen LogP contribution is -2.22. The molecular weight excluding hydrogens is 242 g/mol. The Bertz CT molecular complexity index is 417. The Hall–Kier alpha value is -0.920. The standard InChI is InChI=1S/C14H23N3S/c1-6-9-18-10-8-15-11(3)14-12(4)16-17(7-2)13(14)5/h1,11,15H,7-10H2,2-5H3. The third kappa shape index (κ3) is 3.79. The summed E-state index contributed by atoms with van der Waals surface area (Å²) in [5.74, 6) is 4.48. The highest BCUT2D eigenvalue weighted by Gasteiger charge is 2.16. The van der Waals surface area contributed by atoms with Gasteiger partial charge in [-0.05, 0) is 27.7 Å². The van der Waals surface area contributed by atoms with Crippen molar-refractivity contribution in [1.29, 1.82) is 0 Å². The summed E-state index contributed by atoms with van der Waals surface area (Å²) in [5, 5.41) is 8.09. The molecule has 0 bridgehead atoms. The molecule has 18 heavy (non-hydrogen) atoms. The van der Waals surface area contributed by atoms with E-state index in [0.717, 1.165) is 30.3 Å². The molecule has 0 saturated carbocycles. The summed E-state index contributed by atoms with van der Waals surface area (Å²) in [6.07, 6.45) is 5.22. The van der Waals surface area contributed by atoms with Gasteiger partial charge in [-0.1, -0.05) is 5.92 Å². The zero-order valence-corrected chi connectivity index (χ0v) is 12.6. The average molecular weight is 265 g/mol. The number of aromatic nitrogens is 2. The second-order valence-electron chi connectivity index (χ2n) is 4.33. The number of terminal acetylenes is 1. The van der Waals surface area contributed by atoms with Gasteiger partial charge < -0.3 is 5.32 Å². The highest BCUT2D eigenvalue weighted by Crippen LogP contribution is 2.21. The second kappa shape index (κ2) is 7.50. The van der Waals surface area contributed by atoms with Gasteiger partial charge in [0.05, 0.1) is 11.4 Å². The number of aryl methyl sites for hydroxylation is 2. The summed E-state index contributed by atoms with van der Waals surface area (Å²) in [6, 6.07) is 0.344. The van der Waals surface area contributed by atoms with E-state index < -0.39 is 0 Å². The van der Waals surface area contributed by atoms with Crippen LogP contribution < -0.4 is 5.32 Å². The van der Waals surface area contributed by atoms with Crippen molar-refractivity contribution >= 4 is 11.8 Å². The minimum atomic E-state index is 0.344. The van der Waals surface area contributed by atoms with Crippen LogP contribution in [0.25, 0.3) is 0 Å². The van der Waals surface area contributed by atoms with Crippen molar-refractivity contribution in [2.45, 2.75) is 40.3 Å². The van der Waals surface area contributed by atoms with E-state index in [1.807, 2.05) is 0 Å². The Morgan fingerprint density at radius 3 is 2.78 bits per heavy atom. The second-order valence-corrected chi connectivity index (χ2v) is 5.44. The van der Waals surface area contributed by atoms with E-state index in [9.17, 15) is 0 Å². The van der Waals surface area contributed by atoms with Crippen LogP contribution in [0.2, 0.25) is 0 Å². The molecule has 1 aromatic heterocycles. The summed E-state index contributed by atoms with van der Waals surface area (Å²) in [5.41, 5.74) is 3.73. The van der Waals surface area contributed by atoms with Crippen LogP contribution in [0.1, 0.15) is 36.8 Å². The molecule has 0 spiro atoms. The van der Waals surface area contributed by atoms with Crippen molar-refractivity contribution in [3.05, 3.63) is 17.0 Å². The van der Waals surface area contributed by atoms with E-state index in [0.29, 0.717) is 6.04 Å². The quantitative estimate of drug-likeness (QED) is 0.607. The van der Waals surface area contributed by atoms with Gasteiger partial charge in [0.15, 0.2) is 0 Å². The zero-order valence-electron chi connectivity index (χ0n) is 11.8. The van der Waals surface area contributed by atoms with Gasteiger partial charge in [-0.3, -0.25) is 4.68 Å². The lowest BCUT2D eigenvalue weighted by atomic mass is 10.1. The van der Waals surface area contributed by atoms with Crippen molar-refractivity contribution in [3.8, 4) is 12.3 Å². The van der Waals surface area contributed by atoms with E-state index in [1.165, 1.54) is 11.3 Å². The maximum absolute atomic E-state index is 5.22. The van der Waals surface area contributed by atoms with Crippen LogP contribution in [0, 0.1) is 26.2 Å². The molecule has 0 saturated heterocycles. The average Bonchev–Trinajstić information content (AvgIpc) is 2.63. The molecule has 0 fully saturated rings. The van der Waals surface area contributed by atoms with Gasteiger partial charge >= 0.3 is 0 Å². The number of hydrogen-bond donors (Lipinski definition) is 1. The first-order valence-corrected chi connectivity index (χ1v) is 7.55. The van der Waals surface area contributed by atoms with Crippen LogP contribution >= 0.6 is 11.8 Å². The molecule has 0 aliphatic heterocycles. The molecular formula is C14H23N3S. The highest BCUT2D eigenvalue weighted by molar-refractivity contribution is 7.99. The fourth-order valence-corrected chi connectivity index (χ4v) is 2.75. The van der Waals surface area contributed by atoms with Gasteiger partial charge in [0.25, 0.3) is 0 Å². The molecule has 1 unspecified atom stereocenters. The Morgan fingerprint density at radius 2 is 2.22 bits per heavy atom. The Labute approximate surface area is 115 Å². The van der Waals surface area contributed by atoms with Crippen molar-refractivity contribution < 1.29 is 0 Å². The predicted molar refractivity (Wildman–Crippen MR) is 80.0 cm³/mol.